The van der Waals surface area contributed by atoms with E-state index in [-0.39, 0.29) is 0 Å². The number of imidazole rings is 1. The summed E-state index contributed by atoms with van der Waals surface area (Å²) in [7, 11) is 0. The first-order valence-corrected chi connectivity index (χ1v) is 8.20. The van der Waals surface area contributed by atoms with Crippen LogP contribution in [0.4, 0.5) is 5.82 Å². The lowest BCUT2D eigenvalue weighted by atomic mass is 10.2. The first-order chi connectivity index (χ1) is 11.3. The van der Waals surface area contributed by atoms with Crippen molar-refractivity contribution < 1.29 is 4.42 Å². The quantitative estimate of drug-likeness (QED) is 0.353. The minimum Gasteiger partial charge on any atom is -0.463 e. The maximum atomic E-state index is 5.51. The molecule has 23 heavy (non-hydrogen) atoms. The number of aliphatic imine (C=N–C) groups is 1. The van der Waals surface area contributed by atoms with Gasteiger partial charge in [0.25, 0.3) is 0 Å². The van der Waals surface area contributed by atoms with E-state index in [0.717, 1.165) is 22.7 Å². The van der Waals surface area contributed by atoms with Crippen LogP contribution >= 0.6 is 22.6 Å². The summed E-state index contributed by atoms with van der Waals surface area (Å²) in [6, 6.07) is 17.8. The lowest BCUT2D eigenvalue weighted by Crippen LogP contribution is -1.85. The molecule has 0 N–H and O–H groups in total. The summed E-state index contributed by atoms with van der Waals surface area (Å²) in [4.78, 5) is 9.30. The van der Waals surface area contributed by atoms with E-state index in [1.54, 1.807) is 6.26 Å². The van der Waals surface area contributed by atoms with Gasteiger partial charge in [0.1, 0.15) is 5.65 Å². The molecular weight excluding hydrogens is 401 g/mol. The molecule has 0 bridgehead atoms. The van der Waals surface area contributed by atoms with Crippen molar-refractivity contribution in [3.63, 3.8) is 0 Å². The number of rotatable bonds is 3. The Morgan fingerprint density at radius 3 is 2.70 bits per heavy atom. The van der Waals surface area contributed by atoms with Gasteiger partial charge in [-0.15, -0.1) is 0 Å². The molecule has 0 aliphatic rings. The summed E-state index contributed by atoms with van der Waals surface area (Å²) in [6.07, 6.45) is 5.44. The number of hydrogen-bond acceptors (Lipinski definition) is 3. The molecule has 1 aromatic carbocycles. The van der Waals surface area contributed by atoms with E-state index in [9.17, 15) is 0 Å². The molecule has 3 aromatic heterocycles. The Morgan fingerprint density at radius 1 is 1.04 bits per heavy atom. The number of furan rings is 1. The van der Waals surface area contributed by atoms with Gasteiger partial charge in [0, 0.05) is 16.0 Å². The van der Waals surface area contributed by atoms with Gasteiger partial charge in [0.15, 0.2) is 17.3 Å². The fourth-order valence-electron chi connectivity index (χ4n) is 2.37. The maximum Gasteiger partial charge on any atom is 0.168 e. The first kappa shape index (κ1) is 14.2. The highest BCUT2D eigenvalue weighted by molar-refractivity contribution is 14.1. The normalized spacial score (nSPS) is 11.5. The fraction of sp³-hybridized carbons (Fsp3) is 0. The van der Waals surface area contributed by atoms with Crippen molar-refractivity contribution in [1.82, 2.24) is 9.38 Å². The molecule has 0 unspecified atom stereocenters. The monoisotopic (exact) mass is 413 g/mol. The number of halogens is 1. The average Bonchev–Trinajstić information content (AvgIpc) is 3.22. The Labute approximate surface area is 146 Å². The van der Waals surface area contributed by atoms with Crippen LogP contribution in [0.2, 0.25) is 0 Å². The molecule has 0 radical (unpaired) electrons. The lowest BCUT2D eigenvalue weighted by molar-refractivity contribution is 0.580. The van der Waals surface area contributed by atoms with Gasteiger partial charge < -0.3 is 4.42 Å². The molecule has 0 atom stereocenters. The molecule has 0 fully saturated rings. The predicted molar refractivity (Wildman–Crippen MR) is 99.3 cm³/mol. The van der Waals surface area contributed by atoms with Gasteiger partial charge in [0.2, 0.25) is 0 Å². The van der Waals surface area contributed by atoms with E-state index >= 15 is 0 Å². The van der Waals surface area contributed by atoms with Gasteiger partial charge in [-0.05, 0) is 64.6 Å². The van der Waals surface area contributed by atoms with Crippen molar-refractivity contribution in [2.45, 2.75) is 0 Å². The minimum atomic E-state index is 0.712. The van der Waals surface area contributed by atoms with E-state index in [1.165, 1.54) is 3.57 Å². The minimum absolute atomic E-state index is 0.712. The number of hydrogen-bond donors (Lipinski definition) is 0. The first-order valence-electron chi connectivity index (χ1n) is 7.12. The van der Waals surface area contributed by atoms with Crippen LogP contribution in [0.5, 0.6) is 0 Å². The summed E-state index contributed by atoms with van der Waals surface area (Å²) in [5.74, 6) is 1.47. The molecule has 5 heteroatoms. The summed E-state index contributed by atoms with van der Waals surface area (Å²) >= 11 is 2.29. The van der Waals surface area contributed by atoms with Crippen molar-refractivity contribution >= 4 is 40.3 Å². The molecule has 4 aromatic rings. The highest BCUT2D eigenvalue weighted by Crippen LogP contribution is 2.31. The Bertz CT molecular complexity index is 969. The van der Waals surface area contributed by atoms with Gasteiger partial charge in [-0.3, -0.25) is 4.40 Å². The zero-order chi connectivity index (χ0) is 15.6. The van der Waals surface area contributed by atoms with E-state index in [2.05, 4.69) is 44.7 Å². The van der Waals surface area contributed by atoms with Gasteiger partial charge >= 0.3 is 0 Å². The summed E-state index contributed by atoms with van der Waals surface area (Å²) in [5, 5.41) is 0. The van der Waals surface area contributed by atoms with Crippen LogP contribution in [-0.2, 0) is 0 Å². The highest BCUT2D eigenvalue weighted by Gasteiger charge is 2.14. The molecule has 0 saturated carbocycles. The van der Waals surface area contributed by atoms with Crippen molar-refractivity contribution in [2.75, 3.05) is 0 Å². The van der Waals surface area contributed by atoms with Crippen molar-refractivity contribution in [2.24, 2.45) is 4.99 Å². The van der Waals surface area contributed by atoms with Gasteiger partial charge in [0.05, 0.1) is 6.26 Å². The van der Waals surface area contributed by atoms with Crippen molar-refractivity contribution in [1.29, 1.82) is 0 Å². The van der Waals surface area contributed by atoms with Gasteiger partial charge in [-0.1, -0.05) is 18.2 Å². The Balaban J connectivity index is 1.84. The third kappa shape index (κ3) is 2.79. The van der Waals surface area contributed by atoms with Crippen molar-refractivity contribution in [3.05, 3.63) is 76.2 Å². The Morgan fingerprint density at radius 2 is 1.91 bits per heavy atom. The molecule has 4 rings (SSSR count). The maximum absolute atomic E-state index is 5.51. The van der Waals surface area contributed by atoms with Crippen LogP contribution in [0.15, 0.2) is 76.5 Å². The number of benzene rings is 1. The molecule has 0 aliphatic carbocycles. The van der Waals surface area contributed by atoms with Gasteiger partial charge in [-0.2, -0.15) is 0 Å². The molecule has 4 nitrogen and oxygen atoms in total. The summed E-state index contributed by atoms with van der Waals surface area (Å²) in [6.45, 7) is 0. The second-order valence-electron chi connectivity index (χ2n) is 5.00. The SMILES string of the molecule is Ic1ccc(/C=N/c2c(-c3ccco3)nc3ccccn23)cc1. The third-order valence-electron chi connectivity index (χ3n) is 3.47. The number of aromatic nitrogens is 2. The van der Waals surface area contributed by atoms with Crippen LogP contribution in [-0.4, -0.2) is 15.6 Å². The molecule has 112 valence electrons. The lowest BCUT2D eigenvalue weighted by Gasteiger charge is -1.98. The van der Waals surface area contributed by atoms with Crippen LogP contribution in [0.1, 0.15) is 5.56 Å². The standard InChI is InChI=1S/C18H12IN3O/c19-14-8-6-13(7-9-14)12-20-18-17(15-4-3-11-23-15)21-16-5-1-2-10-22(16)18/h1-12H/b20-12+. The smallest absolute Gasteiger partial charge is 0.168 e. The zero-order valence-electron chi connectivity index (χ0n) is 12.1. The Hall–Kier alpha value is -2.41. The van der Waals surface area contributed by atoms with Crippen molar-refractivity contribution in [3.8, 4) is 11.5 Å². The molecule has 3 heterocycles. The predicted octanol–water partition coefficient (Wildman–Crippen LogP) is 4.95. The average molecular weight is 413 g/mol. The highest BCUT2D eigenvalue weighted by atomic mass is 127. The number of nitrogens with zero attached hydrogens (tertiary/aromatic N) is 3. The second-order valence-corrected chi connectivity index (χ2v) is 6.25. The van der Waals surface area contributed by atoms with E-state index in [4.69, 9.17) is 4.42 Å². The molecule has 0 amide bonds. The van der Waals surface area contributed by atoms with Gasteiger partial charge in [-0.25, -0.2) is 9.98 Å². The van der Waals surface area contributed by atoms with Crippen LogP contribution in [0.25, 0.3) is 17.1 Å². The zero-order valence-corrected chi connectivity index (χ0v) is 14.2. The van der Waals surface area contributed by atoms with E-state index in [1.807, 2.05) is 59.3 Å². The van der Waals surface area contributed by atoms with Crippen LogP contribution in [0.3, 0.4) is 0 Å². The summed E-state index contributed by atoms with van der Waals surface area (Å²) in [5.41, 5.74) is 2.62. The number of pyridine rings is 1. The third-order valence-corrected chi connectivity index (χ3v) is 4.18. The fourth-order valence-corrected chi connectivity index (χ4v) is 2.73. The van der Waals surface area contributed by atoms with Crippen LogP contribution in [0, 0.1) is 3.57 Å². The Kier molecular flexibility index (Phi) is 3.70. The van der Waals surface area contributed by atoms with E-state index < -0.39 is 0 Å². The molecule has 0 spiro atoms. The molecule has 0 saturated heterocycles. The largest absolute Gasteiger partial charge is 0.463 e. The number of fused-ring (bicyclic) bond motifs is 1. The van der Waals surface area contributed by atoms with E-state index in [0.29, 0.717) is 5.76 Å². The molecular formula is C18H12IN3O. The molecule has 0 aliphatic heterocycles. The second kappa shape index (κ2) is 6.00. The topological polar surface area (TPSA) is 42.8 Å². The van der Waals surface area contributed by atoms with Crippen LogP contribution < -0.4 is 0 Å². The summed E-state index contributed by atoms with van der Waals surface area (Å²) < 4.78 is 8.67.